The van der Waals surface area contributed by atoms with Crippen molar-refractivity contribution in [3.8, 4) is 11.3 Å². The van der Waals surface area contributed by atoms with Crippen LogP contribution >= 0.6 is 15.9 Å². The molecule has 0 saturated heterocycles. The molecule has 2 aromatic heterocycles. The van der Waals surface area contributed by atoms with Gasteiger partial charge in [0.15, 0.2) is 5.76 Å². The molecule has 0 bridgehead atoms. The van der Waals surface area contributed by atoms with Crippen LogP contribution in [-0.4, -0.2) is 34.6 Å². The molecular weight excluding hydrogens is 398 g/mol. The van der Waals surface area contributed by atoms with Crippen molar-refractivity contribution in [1.29, 1.82) is 0 Å². The molecule has 7 heteroatoms. The third-order valence-corrected chi connectivity index (χ3v) is 4.95. The summed E-state index contributed by atoms with van der Waals surface area (Å²) in [7, 11) is 1.97. The maximum Gasteiger partial charge on any atom is 0.303 e. The second-order valence-corrected chi connectivity index (χ2v) is 6.91. The molecule has 0 aliphatic heterocycles. The van der Waals surface area contributed by atoms with Gasteiger partial charge in [-0.2, -0.15) is 0 Å². The maximum atomic E-state index is 10.6. The zero-order valence-corrected chi connectivity index (χ0v) is 16.1. The summed E-state index contributed by atoms with van der Waals surface area (Å²) in [6.07, 6.45) is 4.18. The van der Waals surface area contributed by atoms with E-state index in [-0.39, 0.29) is 6.42 Å². The van der Waals surface area contributed by atoms with Gasteiger partial charge in [0.05, 0.1) is 9.86 Å². The third-order valence-electron chi connectivity index (χ3n) is 4.19. The predicted molar refractivity (Wildman–Crippen MR) is 104 cm³/mol. The number of carboxylic acids is 1. The van der Waals surface area contributed by atoms with Gasteiger partial charge in [0.25, 0.3) is 0 Å². The summed E-state index contributed by atoms with van der Waals surface area (Å²) in [4.78, 5) is 21.3. The van der Waals surface area contributed by atoms with E-state index in [1.54, 1.807) is 0 Å². The number of fused-ring (bicyclic) bond motifs is 1. The summed E-state index contributed by atoms with van der Waals surface area (Å²) in [6.45, 7) is 0.782. The standard InChI is InChI=1S/C19H20BrN3O3/c1-23(11-7-3-6-10-14(24)25)18-15-16(20)17(13-8-4-2-5-9-13)26-19(15)22-12-21-18/h2,4-5,8-9,12H,3,6-7,10-11H2,1H3,(H,24,25). The van der Waals surface area contributed by atoms with Gasteiger partial charge in [-0.25, -0.2) is 9.97 Å². The lowest BCUT2D eigenvalue weighted by molar-refractivity contribution is -0.137. The Morgan fingerprint density at radius 2 is 1.96 bits per heavy atom. The topological polar surface area (TPSA) is 79.5 Å². The molecule has 0 radical (unpaired) electrons. The van der Waals surface area contributed by atoms with E-state index in [2.05, 4.69) is 30.8 Å². The van der Waals surface area contributed by atoms with Crippen LogP contribution in [-0.2, 0) is 4.79 Å². The molecule has 1 aromatic carbocycles. The minimum Gasteiger partial charge on any atom is -0.481 e. The van der Waals surface area contributed by atoms with Gasteiger partial charge >= 0.3 is 5.97 Å². The fraction of sp³-hybridized carbons (Fsp3) is 0.316. The largest absolute Gasteiger partial charge is 0.481 e. The molecule has 0 aliphatic carbocycles. The van der Waals surface area contributed by atoms with Crippen molar-refractivity contribution < 1.29 is 14.3 Å². The Balaban J connectivity index is 1.80. The molecule has 6 nitrogen and oxygen atoms in total. The van der Waals surface area contributed by atoms with Crippen LogP contribution in [0.4, 0.5) is 5.82 Å². The normalized spacial score (nSPS) is 11.0. The molecule has 0 spiro atoms. The summed E-state index contributed by atoms with van der Waals surface area (Å²) in [5, 5.41) is 9.55. The van der Waals surface area contributed by atoms with Gasteiger partial charge in [-0.05, 0) is 28.8 Å². The van der Waals surface area contributed by atoms with E-state index in [1.807, 2.05) is 37.4 Å². The van der Waals surface area contributed by atoms with E-state index in [4.69, 9.17) is 9.52 Å². The lowest BCUT2D eigenvalue weighted by Gasteiger charge is -2.18. The number of hydrogen-bond donors (Lipinski definition) is 1. The lowest BCUT2D eigenvalue weighted by Crippen LogP contribution is -2.20. The van der Waals surface area contributed by atoms with Crippen molar-refractivity contribution in [2.75, 3.05) is 18.5 Å². The smallest absolute Gasteiger partial charge is 0.303 e. The first-order valence-electron chi connectivity index (χ1n) is 8.49. The lowest BCUT2D eigenvalue weighted by atomic mass is 10.1. The van der Waals surface area contributed by atoms with Crippen LogP contribution in [0.15, 0.2) is 45.5 Å². The summed E-state index contributed by atoms with van der Waals surface area (Å²) < 4.78 is 6.80. The first-order valence-corrected chi connectivity index (χ1v) is 9.28. The number of unbranched alkanes of at least 4 members (excludes halogenated alkanes) is 2. The fourth-order valence-corrected chi connectivity index (χ4v) is 3.51. The zero-order chi connectivity index (χ0) is 18.5. The van der Waals surface area contributed by atoms with Crippen LogP contribution in [0.1, 0.15) is 25.7 Å². The van der Waals surface area contributed by atoms with E-state index >= 15 is 0 Å². The average Bonchev–Trinajstić information content (AvgIpc) is 2.99. The van der Waals surface area contributed by atoms with Crippen molar-refractivity contribution in [2.45, 2.75) is 25.7 Å². The van der Waals surface area contributed by atoms with Gasteiger partial charge in [0.1, 0.15) is 12.1 Å². The highest BCUT2D eigenvalue weighted by Gasteiger charge is 2.20. The van der Waals surface area contributed by atoms with Crippen molar-refractivity contribution in [3.05, 3.63) is 41.1 Å². The van der Waals surface area contributed by atoms with Gasteiger partial charge in [0, 0.05) is 25.6 Å². The van der Waals surface area contributed by atoms with E-state index in [0.717, 1.165) is 46.4 Å². The Bertz CT molecular complexity index is 896. The molecule has 0 aliphatic rings. The molecule has 26 heavy (non-hydrogen) atoms. The van der Waals surface area contributed by atoms with Crippen molar-refractivity contribution in [1.82, 2.24) is 9.97 Å². The predicted octanol–water partition coefficient (Wildman–Crippen LogP) is 4.73. The van der Waals surface area contributed by atoms with Crippen LogP contribution in [0, 0.1) is 0 Å². The average molecular weight is 418 g/mol. The molecule has 0 saturated carbocycles. The number of rotatable bonds is 8. The monoisotopic (exact) mass is 417 g/mol. The Labute approximate surface area is 160 Å². The van der Waals surface area contributed by atoms with Gasteiger partial charge in [0.2, 0.25) is 5.71 Å². The molecule has 0 unspecified atom stereocenters. The highest BCUT2D eigenvalue weighted by molar-refractivity contribution is 9.10. The third kappa shape index (κ3) is 4.04. The van der Waals surface area contributed by atoms with Crippen LogP contribution in [0.2, 0.25) is 0 Å². The number of carbonyl (C=O) groups is 1. The highest BCUT2D eigenvalue weighted by atomic mass is 79.9. The zero-order valence-electron chi connectivity index (χ0n) is 14.5. The number of anilines is 1. The minimum absolute atomic E-state index is 0.217. The first-order chi connectivity index (χ1) is 12.6. The van der Waals surface area contributed by atoms with Gasteiger partial charge in [-0.15, -0.1) is 0 Å². The van der Waals surface area contributed by atoms with Crippen molar-refractivity contribution in [3.63, 3.8) is 0 Å². The minimum atomic E-state index is -0.744. The molecule has 136 valence electrons. The first kappa shape index (κ1) is 18.4. The molecule has 2 heterocycles. The molecule has 1 N–H and O–H groups in total. The number of benzene rings is 1. The van der Waals surface area contributed by atoms with Gasteiger partial charge in [-0.3, -0.25) is 4.79 Å². The van der Waals surface area contributed by atoms with Crippen LogP contribution in [0.3, 0.4) is 0 Å². The summed E-state index contributed by atoms with van der Waals surface area (Å²) in [5.41, 5.74) is 1.51. The molecule has 0 amide bonds. The fourth-order valence-electron chi connectivity index (χ4n) is 2.86. The molecule has 3 aromatic rings. The van der Waals surface area contributed by atoms with Gasteiger partial charge < -0.3 is 14.4 Å². The van der Waals surface area contributed by atoms with Crippen LogP contribution < -0.4 is 4.90 Å². The SMILES string of the molecule is CN(CCCCCC(=O)O)c1ncnc2oc(-c3ccccc3)c(Br)c12. The quantitative estimate of drug-likeness (QED) is 0.533. The number of hydrogen-bond acceptors (Lipinski definition) is 5. The Kier molecular flexibility index (Phi) is 5.88. The molecule has 0 fully saturated rings. The van der Waals surface area contributed by atoms with E-state index < -0.39 is 5.97 Å². The molecular formula is C19H20BrN3O3. The number of halogens is 1. The van der Waals surface area contributed by atoms with Gasteiger partial charge in [-0.1, -0.05) is 36.8 Å². The Hall–Kier alpha value is -2.41. The Morgan fingerprint density at radius 3 is 2.69 bits per heavy atom. The second kappa shape index (κ2) is 8.31. The van der Waals surface area contributed by atoms with Crippen molar-refractivity contribution >= 4 is 38.8 Å². The number of aliphatic carboxylic acids is 1. The molecule has 0 atom stereocenters. The number of furan rings is 1. The number of nitrogens with zero attached hydrogens (tertiary/aromatic N) is 3. The second-order valence-electron chi connectivity index (χ2n) is 6.11. The van der Waals surface area contributed by atoms with E-state index in [1.165, 1.54) is 6.33 Å². The van der Waals surface area contributed by atoms with Crippen LogP contribution in [0.5, 0.6) is 0 Å². The summed E-state index contributed by atoms with van der Waals surface area (Å²) in [5.74, 6) is 0.787. The highest BCUT2D eigenvalue weighted by Crippen LogP contribution is 2.40. The van der Waals surface area contributed by atoms with E-state index in [0.29, 0.717) is 12.1 Å². The summed E-state index contributed by atoms with van der Waals surface area (Å²) >= 11 is 3.65. The Morgan fingerprint density at radius 1 is 1.19 bits per heavy atom. The van der Waals surface area contributed by atoms with Crippen LogP contribution in [0.25, 0.3) is 22.4 Å². The summed E-state index contributed by atoms with van der Waals surface area (Å²) in [6, 6.07) is 9.86. The maximum absolute atomic E-state index is 10.6. The number of carboxylic acid groups (broad SMARTS) is 1. The van der Waals surface area contributed by atoms with Crippen molar-refractivity contribution in [2.24, 2.45) is 0 Å². The number of aromatic nitrogens is 2. The van der Waals surface area contributed by atoms with E-state index in [9.17, 15) is 4.79 Å². The molecule has 3 rings (SSSR count).